The summed E-state index contributed by atoms with van der Waals surface area (Å²) in [5.74, 6) is -0.0904. The van der Waals surface area contributed by atoms with Gasteiger partial charge < -0.3 is 9.64 Å². The standard InChI is InChI=1S/C20H24N2O3/c1-14-18(23)22(12-11-21(14)19(24)25-20(2,3)4)17-10-9-15-7-5-6-8-16(15)13-17/h5-10,13-14H,11-12H2,1-4H3. The number of hydrogen-bond acceptors (Lipinski definition) is 3. The van der Waals surface area contributed by atoms with Crippen LogP contribution in [0.3, 0.4) is 0 Å². The van der Waals surface area contributed by atoms with Gasteiger partial charge in [0.2, 0.25) is 5.91 Å². The van der Waals surface area contributed by atoms with Gasteiger partial charge >= 0.3 is 6.09 Å². The first-order valence-electron chi connectivity index (χ1n) is 8.56. The molecule has 0 bridgehead atoms. The van der Waals surface area contributed by atoms with E-state index in [4.69, 9.17) is 4.74 Å². The second-order valence-corrected chi connectivity index (χ2v) is 7.37. The zero-order valence-corrected chi connectivity index (χ0v) is 15.2. The minimum Gasteiger partial charge on any atom is -0.444 e. The third kappa shape index (κ3) is 3.60. The fraction of sp³-hybridized carbons (Fsp3) is 0.400. The van der Waals surface area contributed by atoms with Crippen LogP contribution >= 0.6 is 0 Å². The molecule has 1 unspecified atom stereocenters. The molecule has 3 rings (SSSR count). The highest BCUT2D eigenvalue weighted by molar-refractivity contribution is 6.01. The summed E-state index contributed by atoms with van der Waals surface area (Å²) in [4.78, 5) is 28.4. The van der Waals surface area contributed by atoms with E-state index in [1.807, 2.05) is 63.2 Å². The summed E-state index contributed by atoms with van der Waals surface area (Å²) in [6, 6.07) is 13.5. The molecule has 5 heteroatoms. The molecule has 0 radical (unpaired) electrons. The van der Waals surface area contributed by atoms with Crippen LogP contribution < -0.4 is 4.90 Å². The van der Waals surface area contributed by atoms with E-state index in [-0.39, 0.29) is 5.91 Å². The zero-order chi connectivity index (χ0) is 18.2. The molecule has 0 aliphatic carbocycles. The summed E-state index contributed by atoms with van der Waals surface area (Å²) in [6.45, 7) is 8.13. The van der Waals surface area contributed by atoms with Gasteiger partial charge in [-0.2, -0.15) is 0 Å². The Bertz CT molecular complexity index is 810. The van der Waals surface area contributed by atoms with Crippen molar-refractivity contribution in [3.05, 3.63) is 42.5 Å². The lowest BCUT2D eigenvalue weighted by molar-refractivity contribution is -0.125. The van der Waals surface area contributed by atoms with Crippen molar-refractivity contribution in [2.24, 2.45) is 0 Å². The maximum absolute atomic E-state index is 12.8. The molecule has 0 N–H and O–H groups in total. The van der Waals surface area contributed by atoms with Gasteiger partial charge in [-0.1, -0.05) is 30.3 Å². The van der Waals surface area contributed by atoms with E-state index in [0.717, 1.165) is 16.5 Å². The van der Waals surface area contributed by atoms with Crippen molar-refractivity contribution in [3.63, 3.8) is 0 Å². The Morgan fingerprint density at radius 1 is 1.08 bits per heavy atom. The highest BCUT2D eigenvalue weighted by atomic mass is 16.6. The largest absolute Gasteiger partial charge is 0.444 e. The van der Waals surface area contributed by atoms with E-state index in [0.29, 0.717) is 13.1 Å². The van der Waals surface area contributed by atoms with E-state index < -0.39 is 17.7 Å². The fourth-order valence-electron chi connectivity index (χ4n) is 3.04. The molecule has 1 aliphatic rings. The molecule has 1 saturated heterocycles. The van der Waals surface area contributed by atoms with Gasteiger partial charge in [-0.05, 0) is 50.6 Å². The number of amides is 2. The average molecular weight is 340 g/mol. The predicted octanol–water partition coefficient (Wildman–Crippen LogP) is 3.81. The van der Waals surface area contributed by atoms with Crippen LogP contribution in [0.1, 0.15) is 27.7 Å². The summed E-state index contributed by atoms with van der Waals surface area (Å²) in [6.07, 6.45) is -0.438. The Kier molecular flexibility index (Phi) is 4.41. The van der Waals surface area contributed by atoms with E-state index in [1.54, 1.807) is 11.8 Å². The van der Waals surface area contributed by atoms with Gasteiger partial charge in [-0.15, -0.1) is 0 Å². The summed E-state index contributed by atoms with van der Waals surface area (Å²) >= 11 is 0. The van der Waals surface area contributed by atoms with Crippen molar-refractivity contribution in [3.8, 4) is 0 Å². The molecular formula is C20H24N2O3. The van der Waals surface area contributed by atoms with Crippen LogP contribution in [0.4, 0.5) is 10.5 Å². The zero-order valence-electron chi connectivity index (χ0n) is 15.2. The molecule has 1 fully saturated rings. The lowest BCUT2D eigenvalue weighted by Gasteiger charge is -2.39. The quantitative estimate of drug-likeness (QED) is 0.793. The SMILES string of the molecule is CC1C(=O)N(c2ccc3ccccc3c2)CCN1C(=O)OC(C)(C)C. The minimum atomic E-state index is -0.574. The number of piperazine rings is 1. The van der Waals surface area contributed by atoms with Gasteiger partial charge in [0, 0.05) is 18.8 Å². The maximum atomic E-state index is 12.8. The lowest BCUT2D eigenvalue weighted by atomic mass is 10.1. The summed E-state index contributed by atoms with van der Waals surface area (Å²) in [7, 11) is 0. The molecule has 0 aromatic heterocycles. The Hall–Kier alpha value is -2.56. The van der Waals surface area contributed by atoms with E-state index >= 15 is 0 Å². The van der Waals surface area contributed by atoms with Crippen molar-refractivity contribution in [2.75, 3.05) is 18.0 Å². The third-order valence-corrected chi connectivity index (χ3v) is 4.33. The second kappa shape index (κ2) is 6.39. The molecular weight excluding hydrogens is 316 g/mol. The molecule has 1 heterocycles. The first-order chi connectivity index (χ1) is 11.8. The number of rotatable bonds is 1. The predicted molar refractivity (Wildman–Crippen MR) is 98.7 cm³/mol. The monoisotopic (exact) mass is 340 g/mol. The molecule has 1 atom stereocenters. The third-order valence-electron chi connectivity index (χ3n) is 4.33. The summed E-state index contributed by atoms with van der Waals surface area (Å²) in [5.41, 5.74) is 0.286. The smallest absolute Gasteiger partial charge is 0.411 e. The fourth-order valence-corrected chi connectivity index (χ4v) is 3.04. The van der Waals surface area contributed by atoms with E-state index in [1.165, 1.54) is 4.90 Å². The highest BCUT2D eigenvalue weighted by Gasteiger charge is 2.37. The molecule has 0 saturated carbocycles. The van der Waals surface area contributed by atoms with Gasteiger partial charge in [-0.3, -0.25) is 9.69 Å². The number of carbonyl (C=O) groups excluding carboxylic acids is 2. The van der Waals surface area contributed by atoms with Crippen LogP contribution in [0.25, 0.3) is 10.8 Å². The number of nitrogens with zero attached hydrogens (tertiary/aromatic N) is 2. The van der Waals surface area contributed by atoms with Crippen molar-refractivity contribution in [2.45, 2.75) is 39.3 Å². The molecule has 0 spiro atoms. The molecule has 25 heavy (non-hydrogen) atoms. The topological polar surface area (TPSA) is 49.9 Å². The first-order valence-corrected chi connectivity index (χ1v) is 8.56. The van der Waals surface area contributed by atoms with Crippen LogP contribution in [-0.2, 0) is 9.53 Å². The van der Waals surface area contributed by atoms with Gasteiger partial charge in [-0.25, -0.2) is 4.79 Å². The van der Waals surface area contributed by atoms with Crippen LogP contribution in [0.2, 0.25) is 0 Å². The lowest BCUT2D eigenvalue weighted by Crippen LogP contribution is -2.58. The Labute approximate surface area is 148 Å². The van der Waals surface area contributed by atoms with Gasteiger partial charge in [0.25, 0.3) is 0 Å². The van der Waals surface area contributed by atoms with Crippen molar-refractivity contribution in [1.82, 2.24) is 4.90 Å². The Morgan fingerprint density at radius 3 is 2.44 bits per heavy atom. The molecule has 2 aromatic carbocycles. The Balaban J connectivity index is 1.80. The average Bonchev–Trinajstić information content (AvgIpc) is 2.55. The number of ether oxygens (including phenoxy) is 1. The Morgan fingerprint density at radius 2 is 1.76 bits per heavy atom. The summed E-state index contributed by atoms with van der Waals surface area (Å²) in [5, 5.41) is 2.23. The van der Waals surface area contributed by atoms with E-state index in [9.17, 15) is 9.59 Å². The normalized spacial score (nSPS) is 18.6. The molecule has 2 amide bonds. The second-order valence-electron chi connectivity index (χ2n) is 7.37. The number of fused-ring (bicyclic) bond motifs is 1. The molecule has 5 nitrogen and oxygen atoms in total. The van der Waals surface area contributed by atoms with Crippen molar-refractivity contribution < 1.29 is 14.3 Å². The number of anilines is 1. The minimum absolute atomic E-state index is 0.0904. The van der Waals surface area contributed by atoms with Gasteiger partial charge in [0.15, 0.2) is 0 Å². The van der Waals surface area contributed by atoms with Crippen molar-refractivity contribution in [1.29, 1.82) is 0 Å². The van der Waals surface area contributed by atoms with Gasteiger partial charge in [0.05, 0.1) is 0 Å². The van der Waals surface area contributed by atoms with Gasteiger partial charge in [0.1, 0.15) is 11.6 Å². The number of benzene rings is 2. The molecule has 132 valence electrons. The number of carbonyl (C=O) groups is 2. The number of hydrogen-bond donors (Lipinski definition) is 0. The van der Waals surface area contributed by atoms with Crippen LogP contribution in [0, 0.1) is 0 Å². The molecule has 1 aliphatic heterocycles. The summed E-state index contributed by atoms with van der Waals surface area (Å²) < 4.78 is 5.41. The molecule has 2 aromatic rings. The van der Waals surface area contributed by atoms with Crippen LogP contribution in [0.15, 0.2) is 42.5 Å². The van der Waals surface area contributed by atoms with Crippen LogP contribution in [-0.4, -0.2) is 41.6 Å². The first kappa shape index (κ1) is 17.3. The van der Waals surface area contributed by atoms with Crippen LogP contribution in [0.5, 0.6) is 0 Å². The van der Waals surface area contributed by atoms with Crippen molar-refractivity contribution >= 4 is 28.5 Å². The maximum Gasteiger partial charge on any atom is 0.411 e. The van der Waals surface area contributed by atoms with E-state index in [2.05, 4.69) is 0 Å². The highest BCUT2D eigenvalue weighted by Crippen LogP contribution is 2.26.